The number of nitrogens with zero attached hydrogens (tertiary/aromatic N) is 1. The number of halogens is 1. The average molecular weight is 324 g/mol. The number of rotatable bonds is 4. The first-order chi connectivity index (χ1) is 10.2. The van der Waals surface area contributed by atoms with E-state index < -0.39 is 0 Å². The second kappa shape index (κ2) is 7.47. The molecule has 0 radical (unpaired) electrons. The van der Waals surface area contributed by atoms with E-state index >= 15 is 0 Å². The zero-order chi connectivity index (χ0) is 14.8. The van der Waals surface area contributed by atoms with E-state index in [1.54, 1.807) is 0 Å². The highest BCUT2D eigenvalue weighted by Crippen LogP contribution is 2.36. The van der Waals surface area contributed by atoms with Gasteiger partial charge in [0.2, 0.25) is 0 Å². The molecule has 0 N–H and O–H groups in total. The highest BCUT2D eigenvalue weighted by molar-refractivity contribution is 5.85. The van der Waals surface area contributed by atoms with E-state index in [0.29, 0.717) is 12.1 Å². The van der Waals surface area contributed by atoms with Crippen molar-refractivity contribution in [2.45, 2.75) is 63.1 Å². The molecule has 0 aromatic heterocycles. The van der Waals surface area contributed by atoms with Crippen molar-refractivity contribution in [1.82, 2.24) is 4.90 Å². The Kier molecular flexibility index (Phi) is 5.87. The van der Waals surface area contributed by atoms with Crippen LogP contribution in [0.2, 0.25) is 0 Å². The first kappa shape index (κ1) is 17.3. The Morgan fingerprint density at radius 2 is 1.82 bits per heavy atom. The summed E-state index contributed by atoms with van der Waals surface area (Å²) in [5.74, 6) is -0.166. The van der Waals surface area contributed by atoms with E-state index in [9.17, 15) is 4.79 Å². The molecule has 2 heterocycles. The molecule has 1 aromatic carbocycles. The van der Waals surface area contributed by atoms with Gasteiger partial charge in [-0.2, -0.15) is 0 Å². The zero-order valence-corrected chi connectivity index (χ0v) is 14.2. The normalized spacial score (nSPS) is 28.7. The number of esters is 1. The standard InChI is InChI=1S/C18H25NO2.ClH/c1-3-17(13-7-5-4-6-8-13)18(20)21-16-11-14-9-10-15(12-16)19(14)2;/h4-8,14-17H,3,9-12H2,1-2H3;1H. The molecule has 2 fully saturated rings. The third-order valence-corrected chi connectivity index (χ3v) is 5.23. The van der Waals surface area contributed by atoms with Crippen molar-refractivity contribution in [3.8, 4) is 0 Å². The van der Waals surface area contributed by atoms with E-state index in [0.717, 1.165) is 24.8 Å². The summed E-state index contributed by atoms with van der Waals surface area (Å²) in [4.78, 5) is 15.0. The maximum Gasteiger partial charge on any atom is 0.313 e. The van der Waals surface area contributed by atoms with Crippen LogP contribution in [-0.2, 0) is 9.53 Å². The van der Waals surface area contributed by atoms with Gasteiger partial charge in [0, 0.05) is 12.1 Å². The summed E-state index contributed by atoms with van der Waals surface area (Å²) in [6, 6.07) is 11.2. The molecule has 3 atom stereocenters. The lowest BCUT2D eigenvalue weighted by Gasteiger charge is -2.36. The van der Waals surface area contributed by atoms with Crippen LogP contribution in [0.4, 0.5) is 0 Å². The van der Waals surface area contributed by atoms with E-state index in [1.807, 2.05) is 30.3 Å². The Balaban J connectivity index is 0.00000176. The van der Waals surface area contributed by atoms with Gasteiger partial charge in [-0.25, -0.2) is 0 Å². The van der Waals surface area contributed by atoms with Crippen molar-refractivity contribution in [2.75, 3.05) is 7.05 Å². The number of fused-ring (bicyclic) bond motifs is 2. The van der Waals surface area contributed by atoms with E-state index in [4.69, 9.17) is 4.74 Å². The number of hydrogen-bond acceptors (Lipinski definition) is 3. The third kappa shape index (κ3) is 3.47. The zero-order valence-electron chi connectivity index (χ0n) is 13.4. The Labute approximate surface area is 139 Å². The monoisotopic (exact) mass is 323 g/mol. The highest BCUT2D eigenvalue weighted by Gasteiger charge is 2.40. The topological polar surface area (TPSA) is 29.5 Å². The molecule has 0 amide bonds. The van der Waals surface area contributed by atoms with Gasteiger partial charge in [0.15, 0.2) is 0 Å². The largest absolute Gasteiger partial charge is 0.462 e. The van der Waals surface area contributed by atoms with Crippen LogP contribution in [0.3, 0.4) is 0 Å². The van der Waals surface area contributed by atoms with Gasteiger partial charge in [0.25, 0.3) is 0 Å². The summed E-state index contributed by atoms with van der Waals surface area (Å²) in [6.07, 6.45) is 5.43. The molecule has 0 aliphatic carbocycles. The predicted molar refractivity (Wildman–Crippen MR) is 90.4 cm³/mol. The summed E-state index contributed by atoms with van der Waals surface area (Å²) >= 11 is 0. The molecule has 3 nitrogen and oxygen atoms in total. The van der Waals surface area contributed by atoms with Crippen LogP contribution < -0.4 is 0 Å². The summed E-state index contributed by atoms with van der Waals surface area (Å²) < 4.78 is 5.86. The molecule has 122 valence electrons. The van der Waals surface area contributed by atoms with Crippen LogP contribution in [-0.4, -0.2) is 36.1 Å². The summed E-state index contributed by atoms with van der Waals surface area (Å²) in [6.45, 7) is 2.05. The van der Waals surface area contributed by atoms with Crippen LogP contribution in [0.25, 0.3) is 0 Å². The maximum atomic E-state index is 12.5. The van der Waals surface area contributed by atoms with Crippen molar-refractivity contribution < 1.29 is 9.53 Å². The molecule has 4 heteroatoms. The van der Waals surface area contributed by atoms with Crippen LogP contribution in [0, 0.1) is 0 Å². The Bertz CT molecular complexity index is 479. The molecule has 2 aliphatic rings. The van der Waals surface area contributed by atoms with Gasteiger partial charge in [-0.3, -0.25) is 4.79 Å². The van der Waals surface area contributed by atoms with E-state index in [1.165, 1.54) is 12.8 Å². The van der Waals surface area contributed by atoms with Gasteiger partial charge in [0.05, 0.1) is 5.92 Å². The summed E-state index contributed by atoms with van der Waals surface area (Å²) in [7, 11) is 2.21. The molecular formula is C18H26ClNO2. The predicted octanol–water partition coefficient (Wildman–Crippen LogP) is 3.77. The van der Waals surface area contributed by atoms with Crippen molar-refractivity contribution in [1.29, 1.82) is 0 Å². The average Bonchev–Trinajstić information content (AvgIpc) is 2.72. The van der Waals surface area contributed by atoms with E-state index in [2.05, 4.69) is 18.9 Å². The minimum atomic E-state index is -0.122. The number of ether oxygens (including phenoxy) is 1. The summed E-state index contributed by atoms with van der Waals surface area (Å²) in [5, 5.41) is 0. The van der Waals surface area contributed by atoms with Gasteiger partial charge in [-0.05, 0) is 44.7 Å². The van der Waals surface area contributed by atoms with Gasteiger partial charge in [-0.1, -0.05) is 37.3 Å². The van der Waals surface area contributed by atoms with E-state index in [-0.39, 0.29) is 30.4 Å². The lowest BCUT2D eigenvalue weighted by atomic mass is 9.96. The number of hydrogen-bond donors (Lipinski definition) is 0. The summed E-state index contributed by atoms with van der Waals surface area (Å²) in [5.41, 5.74) is 1.07. The second-order valence-electron chi connectivity index (χ2n) is 6.45. The molecule has 2 bridgehead atoms. The molecule has 0 spiro atoms. The Morgan fingerprint density at radius 1 is 1.23 bits per heavy atom. The minimum absolute atomic E-state index is 0. The highest BCUT2D eigenvalue weighted by atomic mass is 35.5. The third-order valence-electron chi connectivity index (χ3n) is 5.23. The van der Waals surface area contributed by atoms with Crippen molar-refractivity contribution >= 4 is 18.4 Å². The fourth-order valence-corrected chi connectivity index (χ4v) is 3.93. The van der Waals surface area contributed by atoms with Crippen LogP contribution in [0.15, 0.2) is 30.3 Å². The molecule has 1 aromatic rings. The van der Waals surface area contributed by atoms with Crippen molar-refractivity contribution in [3.05, 3.63) is 35.9 Å². The molecule has 2 saturated heterocycles. The number of piperidine rings is 1. The van der Waals surface area contributed by atoms with Gasteiger partial charge >= 0.3 is 5.97 Å². The Morgan fingerprint density at radius 3 is 2.36 bits per heavy atom. The van der Waals surface area contributed by atoms with Gasteiger partial charge < -0.3 is 9.64 Å². The van der Waals surface area contributed by atoms with Gasteiger partial charge in [-0.15, -0.1) is 12.4 Å². The lowest BCUT2D eigenvalue weighted by molar-refractivity contribution is -0.154. The molecular weight excluding hydrogens is 298 g/mol. The SMILES string of the molecule is CCC(C(=O)OC1CC2CCC(C1)N2C)c1ccccc1.Cl. The van der Waals surface area contributed by atoms with Gasteiger partial charge in [0.1, 0.15) is 6.10 Å². The number of carbonyl (C=O) groups is 1. The molecule has 22 heavy (non-hydrogen) atoms. The number of benzene rings is 1. The fraction of sp³-hybridized carbons (Fsp3) is 0.611. The molecule has 2 aliphatic heterocycles. The molecule has 3 unspecified atom stereocenters. The second-order valence-corrected chi connectivity index (χ2v) is 6.45. The van der Waals surface area contributed by atoms with Crippen LogP contribution in [0.1, 0.15) is 50.5 Å². The Hall–Kier alpha value is -1.06. The quantitative estimate of drug-likeness (QED) is 0.790. The fourth-order valence-electron chi connectivity index (χ4n) is 3.93. The number of carbonyl (C=O) groups excluding carboxylic acids is 1. The van der Waals surface area contributed by atoms with Crippen molar-refractivity contribution in [2.24, 2.45) is 0 Å². The lowest BCUT2D eigenvalue weighted by Crippen LogP contribution is -2.43. The maximum absolute atomic E-state index is 12.5. The molecule has 3 rings (SSSR count). The molecule has 0 saturated carbocycles. The van der Waals surface area contributed by atoms with Crippen LogP contribution in [0.5, 0.6) is 0 Å². The first-order valence-electron chi connectivity index (χ1n) is 8.16. The van der Waals surface area contributed by atoms with Crippen LogP contribution >= 0.6 is 12.4 Å². The first-order valence-corrected chi connectivity index (χ1v) is 8.16. The smallest absolute Gasteiger partial charge is 0.313 e. The van der Waals surface area contributed by atoms with Crippen molar-refractivity contribution in [3.63, 3.8) is 0 Å². The minimum Gasteiger partial charge on any atom is -0.462 e.